The van der Waals surface area contributed by atoms with Gasteiger partial charge in [0.2, 0.25) is 5.91 Å². The average molecular weight is 446 g/mol. The van der Waals surface area contributed by atoms with Gasteiger partial charge in [-0.15, -0.1) is 0 Å². The van der Waals surface area contributed by atoms with Gasteiger partial charge in [0.25, 0.3) is 0 Å². The molecule has 0 aliphatic carbocycles. The molecule has 8 heteroatoms. The number of nitrogens with zero attached hydrogens (tertiary/aromatic N) is 3. The number of carbonyl (C=O) groups is 1. The van der Waals surface area contributed by atoms with E-state index < -0.39 is 0 Å². The summed E-state index contributed by atoms with van der Waals surface area (Å²) >= 11 is 0. The Morgan fingerprint density at radius 2 is 1.81 bits per heavy atom. The zero-order valence-electron chi connectivity index (χ0n) is 19.4. The van der Waals surface area contributed by atoms with Gasteiger partial charge in [-0.2, -0.15) is 0 Å². The van der Waals surface area contributed by atoms with Gasteiger partial charge in [-0.05, 0) is 37.3 Å². The largest absolute Gasteiger partial charge is 0.381 e. The summed E-state index contributed by atoms with van der Waals surface area (Å²) in [6.07, 6.45) is 3.61. The Balaban J connectivity index is 1.22. The number of benzene rings is 1. The molecule has 0 spiro atoms. The molecule has 2 heterocycles. The summed E-state index contributed by atoms with van der Waals surface area (Å²) in [5.74, 6) is 1.57. The van der Waals surface area contributed by atoms with Gasteiger partial charge in [0.1, 0.15) is 0 Å². The van der Waals surface area contributed by atoms with Crippen LogP contribution in [-0.2, 0) is 14.3 Å². The molecule has 0 radical (unpaired) electrons. The van der Waals surface area contributed by atoms with Crippen LogP contribution in [0.3, 0.4) is 0 Å². The van der Waals surface area contributed by atoms with E-state index in [0.717, 1.165) is 84.4 Å². The Morgan fingerprint density at radius 3 is 2.53 bits per heavy atom. The minimum absolute atomic E-state index is 0.196. The number of para-hydroxylation sites is 1. The van der Waals surface area contributed by atoms with E-state index in [1.165, 1.54) is 5.69 Å². The molecular formula is C24H39N5O3. The fourth-order valence-electron chi connectivity index (χ4n) is 4.06. The van der Waals surface area contributed by atoms with E-state index in [9.17, 15) is 4.79 Å². The minimum atomic E-state index is 0.196. The first-order valence-electron chi connectivity index (χ1n) is 11.9. The summed E-state index contributed by atoms with van der Waals surface area (Å²) in [4.78, 5) is 21.1. The van der Waals surface area contributed by atoms with Crippen molar-refractivity contribution in [3.8, 4) is 0 Å². The number of anilines is 1. The number of rotatable bonds is 10. The Morgan fingerprint density at radius 1 is 1.09 bits per heavy atom. The predicted molar refractivity (Wildman–Crippen MR) is 128 cm³/mol. The second kappa shape index (κ2) is 14.0. The molecule has 8 nitrogen and oxygen atoms in total. The Labute approximate surface area is 192 Å². The molecule has 0 atom stereocenters. The van der Waals surface area contributed by atoms with E-state index in [-0.39, 0.29) is 5.91 Å². The lowest BCUT2D eigenvalue weighted by molar-refractivity contribution is -0.131. The SMILES string of the molecule is CN=C(NCCCOCC1CCOCC1)NCCC(=O)N1CCN(c2ccccc2)CC1. The van der Waals surface area contributed by atoms with Crippen molar-refractivity contribution in [3.63, 3.8) is 0 Å². The number of ether oxygens (including phenoxy) is 2. The topological polar surface area (TPSA) is 78.4 Å². The van der Waals surface area contributed by atoms with Crippen molar-refractivity contribution < 1.29 is 14.3 Å². The molecule has 178 valence electrons. The number of hydrogen-bond donors (Lipinski definition) is 2. The van der Waals surface area contributed by atoms with Crippen molar-refractivity contribution in [1.82, 2.24) is 15.5 Å². The van der Waals surface area contributed by atoms with Gasteiger partial charge in [0, 0.05) is 84.9 Å². The molecule has 2 saturated heterocycles. The second-order valence-electron chi connectivity index (χ2n) is 8.36. The molecule has 0 bridgehead atoms. The van der Waals surface area contributed by atoms with Crippen molar-refractivity contribution in [2.45, 2.75) is 25.7 Å². The Bertz CT molecular complexity index is 686. The molecule has 0 saturated carbocycles. The quantitative estimate of drug-likeness (QED) is 0.324. The molecule has 2 N–H and O–H groups in total. The lowest BCUT2D eigenvalue weighted by Crippen LogP contribution is -2.49. The number of piperazine rings is 1. The molecule has 1 aromatic rings. The summed E-state index contributed by atoms with van der Waals surface area (Å²) in [6, 6.07) is 10.4. The average Bonchev–Trinajstić information content (AvgIpc) is 2.86. The second-order valence-corrected chi connectivity index (χ2v) is 8.36. The van der Waals surface area contributed by atoms with Crippen LogP contribution >= 0.6 is 0 Å². The first kappa shape index (κ1) is 24.3. The van der Waals surface area contributed by atoms with Crippen LogP contribution in [0.15, 0.2) is 35.3 Å². The van der Waals surface area contributed by atoms with Crippen LogP contribution < -0.4 is 15.5 Å². The van der Waals surface area contributed by atoms with Gasteiger partial charge in [-0.1, -0.05) is 18.2 Å². The van der Waals surface area contributed by atoms with Crippen LogP contribution in [0.1, 0.15) is 25.7 Å². The third-order valence-electron chi connectivity index (χ3n) is 6.06. The molecule has 32 heavy (non-hydrogen) atoms. The summed E-state index contributed by atoms with van der Waals surface area (Å²) in [5, 5.41) is 6.54. The van der Waals surface area contributed by atoms with Gasteiger partial charge < -0.3 is 29.9 Å². The number of carbonyl (C=O) groups excluding carboxylic acids is 1. The monoisotopic (exact) mass is 445 g/mol. The number of guanidine groups is 1. The smallest absolute Gasteiger partial charge is 0.224 e. The van der Waals surface area contributed by atoms with Crippen molar-refractivity contribution in [2.75, 3.05) is 77.6 Å². The van der Waals surface area contributed by atoms with Gasteiger partial charge in [-0.25, -0.2) is 0 Å². The maximum absolute atomic E-state index is 12.6. The fraction of sp³-hybridized carbons (Fsp3) is 0.667. The molecule has 0 unspecified atom stereocenters. The van der Waals surface area contributed by atoms with E-state index in [2.05, 4.69) is 44.8 Å². The number of hydrogen-bond acceptors (Lipinski definition) is 5. The van der Waals surface area contributed by atoms with E-state index in [1.807, 2.05) is 11.0 Å². The van der Waals surface area contributed by atoms with Gasteiger partial charge >= 0.3 is 0 Å². The maximum atomic E-state index is 12.6. The first-order valence-corrected chi connectivity index (χ1v) is 11.9. The van der Waals surface area contributed by atoms with Crippen LogP contribution in [0.4, 0.5) is 5.69 Å². The zero-order valence-corrected chi connectivity index (χ0v) is 19.4. The van der Waals surface area contributed by atoms with Crippen LogP contribution in [0.25, 0.3) is 0 Å². The summed E-state index contributed by atoms with van der Waals surface area (Å²) < 4.78 is 11.2. The van der Waals surface area contributed by atoms with Crippen LogP contribution in [0.5, 0.6) is 0 Å². The van der Waals surface area contributed by atoms with Crippen LogP contribution in [0, 0.1) is 5.92 Å². The Hall–Kier alpha value is -2.32. The standard InChI is InChI=1S/C24H39N5O3/c1-25-24(26-11-5-17-32-20-21-9-18-31-19-10-21)27-12-8-23(30)29-15-13-28(14-16-29)22-6-3-2-4-7-22/h2-4,6-7,21H,5,8-20H2,1H3,(H2,25,26,27). The van der Waals surface area contributed by atoms with Crippen molar-refractivity contribution >= 4 is 17.6 Å². The molecule has 2 fully saturated rings. The molecule has 2 aliphatic heterocycles. The van der Waals surface area contributed by atoms with E-state index in [4.69, 9.17) is 9.47 Å². The Kier molecular flexibility index (Phi) is 10.6. The predicted octanol–water partition coefficient (Wildman–Crippen LogP) is 1.72. The highest BCUT2D eigenvalue weighted by molar-refractivity contribution is 5.81. The van der Waals surface area contributed by atoms with E-state index >= 15 is 0 Å². The molecule has 2 aliphatic rings. The van der Waals surface area contributed by atoms with Crippen molar-refractivity contribution in [2.24, 2.45) is 10.9 Å². The number of amides is 1. The summed E-state index contributed by atoms with van der Waals surface area (Å²) in [5.41, 5.74) is 1.23. The van der Waals surface area contributed by atoms with Crippen LogP contribution in [-0.4, -0.2) is 89.5 Å². The first-order chi connectivity index (χ1) is 15.8. The van der Waals surface area contributed by atoms with Gasteiger partial charge in [-0.3, -0.25) is 9.79 Å². The fourth-order valence-corrected chi connectivity index (χ4v) is 4.06. The normalized spacial score (nSPS) is 18.0. The van der Waals surface area contributed by atoms with Crippen molar-refractivity contribution in [1.29, 1.82) is 0 Å². The van der Waals surface area contributed by atoms with E-state index in [0.29, 0.717) is 18.9 Å². The van der Waals surface area contributed by atoms with Gasteiger partial charge in [0.15, 0.2) is 5.96 Å². The number of nitrogens with one attached hydrogen (secondary N) is 2. The van der Waals surface area contributed by atoms with Gasteiger partial charge in [0.05, 0.1) is 0 Å². The molecular weight excluding hydrogens is 406 g/mol. The van der Waals surface area contributed by atoms with Crippen LogP contribution in [0.2, 0.25) is 0 Å². The highest BCUT2D eigenvalue weighted by Crippen LogP contribution is 2.16. The summed E-state index contributed by atoms with van der Waals surface area (Å²) in [6.45, 7) is 7.98. The maximum Gasteiger partial charge on any atom is 0.224 e. The third kappa shape index (κ3) is 8.31. The lowest BCUT2D eigenvalue weighted by atomic mass is 10.0. The highest BCUT2D eigenvalue weighted by atomic mass is 16.5. The summed E-state index contributed by atoms with van der Waals surface area (Å²) in [7, 11) is 1.75. The molecule has 0 aromatic heterocycles. The highest BCUT2D eigenvalue weighted by Gasteiger charge is 2.21. The molecule has 3 rings (SSSR count). The number of aliphatic imine (C=N–C) groups is 1. The molecule has 1 aromatic carbocycles. The lowest BCUT2D eigenvalue weighted by Gasteiger charge is -2.36. The minimum Gasteiger partial charge on any atom is -0.381 e. The molecule has 1 amide bonds. The third-order valence-corrected chi connectivity index (χ3v) is 6.06. The van der Waals surface area contributed by atoms with E-state index in [1.54, 1.807) is 7.05 Å². The zero-order chi connectivity index (χ0) is 22.4. The van der Waals surface area contributed by atoms with Crippen molar-refractivity contribution in [3.05, 3.63) is 30.3 Å².